The average Bonchev–Trinajstić information content (AvgIpc) is 3.10. The van der Waals surface area contributed by atoms with Gasteiger partial charge >= 0.3 is 6.18 Å². The van der Waals surface area contributed by atoms with Crippen LogP contribution >= 0.6 is 11.3 Å². The molecular formula is C25H35F3N4O2S. The maximum absolute atomic E-state index is 13.4. The number of rotatable bonds is 6. The third-order valence-electron chi connectivity index (χ3n) is 5.81. The van der Waals surface area contributed by atoms with Crippen LogP contribution in [0.25, 0.3) is 0 Å². The largest absolute Gasteiger partial charge is 0.487 e. The molecule has 35 heavy (non-hydrogen) atoms. The molecular weight excluding hydrogens is 477 g/mol. The summed E-state index contributed by atoms with van der Waals surface area (Å²) in [6, 6.07) is 3.01. The van der Waals surface area contributed by atoms with Crippen LogP contribution in [0.15, 0.2) is 23.2 Å². The van der Waals surface area contributed by atoms with Gasteiger partial charge in [0, 0.05) is 30.6 Å². The van der Waals surface area contributed by atoms with E-state index in [-0.39, 0.29) is 28.4 Å². The molecule has 0 unspecified atom stereocenters. The van der Waals surface area contributed by atoms with Gasteiger partial charge < -0.3 is 4.74 Å². The van der Waals surface area contributed by atoms with Crippen LogP contribution in [0.2, 0.25) is 0 Å². The molecule has 1 saturated heterocycles. The third-order valence-corrected chi connectivity index (χ3v) is 7.18. The number of nitrogens with zero attached hydrogens (tertiary/aromatic N) is 4. The molecule has 2 heterocycles. The molecule has 0 aliphatic carbocycles. The summed E-state index contributed by atoms with van der Waals surface area (Å²) in [6.07, 6.45) is -3.01. The number of carbonyl (C=O) groups excluding carboxylic acids is 1. The highest BCUT2D eigenvalue weighted by molar-refractivity contribution is 7.09. The Morgan fingerprint density at radius 2 is 1.83 bits per heavy atom. The highest BCUT2D eigenvalue weighted by atomic mass is 32.1. The highest BCUT2D eigenvalue weighted by Crippen LogP contribution is 2.34. The molecule has 1 aliphatic heterocycles. The van der Waals surface area contributed by atoms with Gasteiger partial charge in [0.1, 0.15) is 16.9 Å². The summed E-state index contributed by atoms with van der Waals surface area (Å²) in [5.41, 5.74) is -1.38. The summed E-state index contributed by atoms with van der Waals surface area (Å²) in [7, 11) is 0. The van der Waals surface area contributed by atoms with Crippen LogP contribution in [0.3, 0.4) is 0 Å². The molecule has 1 aliphatic rings. The van der Waals surface area contributed by atoms with Crippen LogP contribution in [-0.4, -0.2) is 45.3 Å². The van der Waals surface area contributed by atoms with Gasteiger partial charge in [0.15, 0.2) is 0 Å². The molecule has 10 heteroatoms. The number of carbonyl (C=O) groups is 1. The van der Waals surface area contributed by atoms with Crippen molar-refractivity contribution in [2.24, 2.45) is 4.99 Å². The summed E-state index contributed by atoms with van der Waals surface area (Å²) in [6.45, 7) is 16.2. The molecule has 194 valence electrons. The first-order valence-electron chi connectivity index (χ1n) is 11.9. The molecule has 0 spiro atoms. The second-order valence-corrected chi connectivity index (χ2v) is 11.9. The predicted octanol–water partition coefficient (Wildman–Crippen LogP) is 5.66. The normalized spacial score (nSPS) is 16.5. The average molecular weight is 513 g/mol. The van der Waals surface area contributed by atoms with Gasteiger partial charge in [0.2, 0.25) is 4.80 Å². The minimum absolute atomic E-state index is 0.0307. The smallest absolute Gasteiger partial charge is 0.416 e. The van der Waals surface area contributed by atoms with E-state index in [4.69, 9.17) is 4.74 Å². The van der Waals surface area contributed by atoms with Crippen molar-refractivity contribution in [2.75, 3.05) is 13.1 Å². The first-order valence-corrected chi connectivity index (χ1v) is 12.7. The maximum atomic E-state index is 13.4. The van der Waals surface area contributed by atoms with E-state index < -0.39 is 17.6 Å². The van der Waals surface area contributed by atoms with E-state index in [0.717, 1.165) is 30.0 Å². The summed E-state index contributed by atoms with van der Waals surface area (Å²) in [5.74, 6) is -0.654. The first-order chi connectivity index (χ1) is 16.1. The van der Waals surface area contributed by atoms with Crippen LogP contribution in [0.4, 0.5) is 13.2 Å². The number of hydrogen-bond acceptors (Lipinski definition) is 5. The van der Waals surface area contributed by atoms with Crippen LogP contribution in [-0.2, 0) is 18.1 Å². The number of ether oxygens (including phenoxy) is 1. The summed E-state index contributed by atoms with van der Waals surface area (Å²) >= 11 is 1.28. The van der Waals surface area contributed by atoms with Gasteiger partial charge in [-0.3, -0.25) is 9.69 Å². The summed E-state index contributed by atoms with van der Waals surface area (Å²) in [4.78, 5) is 20.1. The first kappa shape index (κ1) is 27.4. The molecule has 0 radical (unpaired) electrons. The van der Waals surface area contributed by atoms with Crippen molar-refractivity contribution in [1.29, 1.82) is 0 Å². The van der Waals surface area contributed by atoms with Crippen molar-refractivity contribution in [3.8, 4) is 5.75 Å². The Morgan fingerprint density at radius 1 is 1.17 bits per heavy atom. The second-order valence-electron chi connectivity index (χ2n) is 11.0. The van der Waals surface area contributed by atoms with E-state index in [9.17, 15) is 18.0 Å². The van der Waals surface area contributed by atoms with E-state index in [2.05, 4.69) is 35.8 Å². The number of aromatic nitrogens is 2. The van der Waals surface area contributed by atoms with Gasteiger partial charge in [-0.15, -0.1) is 0 Å². The lowest BCUT2D eigenvalue weighted by Crippen LogP contribution is -2.60. The van der Waals surface area contributed by atoms with Crippen molar-refractivity contribution in [1.82, 2.24) is 14.7 Å². The molecule has 6 nitrogen and oxygen atoms in total. The van der Waals surface area contributed by atoms with E-state index in [1.807, 2.05) is 27.7 Å². The van der Waals surface area contributed by atoms with E-state index >= 15 is 0 Å². The number of hydrogen-bond donors (Lipinski definition) is 0. The Labute approximate surface area is 208 Å². The molecule has 3 rings (SSSR count). The van der Waals surface area contributed by atoms with E-state index in [1.54, 1.807) is 4.68 Å². The van der Waals surface area contributed by atoms with Gasteiger partial charge in [-0.25, -0.2) is 4.68 Å². The lowest BCUT2D eigenvalue weighted by atomic mass is 9.98. The fourth-order valence-electron chi connectivity index (χ4n) is 3.51. The Bertz CT molecular complexity index is 1120. The van der Waals surface area contributed by atoms with Gasteiger partial charge in [-0.1, -0.05) is 45.5 Å². The van der Waals surface area contributed by atoms with Crippen LogP contribution in [0.5, 0.6) is 5.75 Å². The van der Waals surface area contributed by atoms with Gasteiger partial charge in [-0.2, -0.15) is 23.3 Å². The number of halogens is 3. The highest BCUT2D eigenvalue weighted by Gasteiger charge is 2.37. The molecule has 1 fully saturated rings. The van der Waals surface area contributed by atoms with Crippen LogP contribution in [0, 0.1) is 0 Å². The van der Waals surface area contributed by atoms with Crippen molar-refractivity contribution in [2.45, 2.75) is 91.1 Å². The Hall–Kier alpha value is -2.20. The lowest BCUT2D eigenvalue weighted by Gasteiger charge is -2.47. The monoisotopic (exact) mass is 512 g/mol. The fourth-order valence-corrected chi connectivity index (χ4v) is 4.50. The zero-order chi connectivity index (χ0) is 26.2. The van der Waals surface area contributed by atoms with Crippen molar-refractivity contribution < 1.29 is 22.7 Å². The lowest BCUT2D eigenvalue weighted by molar-refractivity contribution is -0.137. The topological polar surface area (TPSA) is 59.7 Å². The quantitative estimate of drug-likeness (QED) is 0.501. The zero-order valence-corrected chi connectivity index (χ0v) is 22.3. The van der Waals surface area contributed by atoms with Crippen molar-refractivity contribution >= 4 is 17.2 Å². The summed E-state index contributed by atoms with van der Waals surface area (Å²) < 4.78 is 48.0. The number of amides is 1. The second kappa shape index (κ2) is 10.0. The predicted molar refractivity (Wildman–Crippen MR) is 131 cm³/mol. The van der Waals surface area contributed by atoms with Gasteiger partial charge in [-0.05, 0) is 45.4 Å². The van der Waals surface area contributed by atoms with Crippen LogP contribution in [0.1, 0.15) is 82.2 Å². The number of likely N-dealkylation sites (tertiary alicyclic amines) is 1. The molecule has 2 aromatic rings. The Kier molecular flexibility index (Phi) is 7.86. The van der Waals surface area contributed by atoms with Crippen LogP contribution < -0.4 is 9.54 Å². The molecule has 1 amide bonds. The SMILES string of the molecule is CCCCn1nc(C(C)(C)C)s/c1=N\C(=O)c1cc(C(F)(F)F)ccc1OC1CN(C(C)(C)C)C1. The standard InChI is InChI=1S/C25H35F3N4O2S/c1-8-9-12-32-22(35-21(30-32)23(2,3)4)29-20(33)18-13-16(25(26,27)28)10-11-19(18)34-17-14-31(15-17)24(5,6)7/h10-11,13,17H,8-9,12,14-15H2,1-7H3/b29-22-. The summed E-state index contributed by atoms with van der Waals surface area (Å²) in [5, 5.41) is 5.42. The number of alkyl halides is 3. The number of benzene rings is 1. The Morgan fingerprint density at radius 3 is 2.37 bits per heavy atom. The Balaban J connectivity index is 1.98. The number of aryl methyl sites for hydroxylation is 1. The molecule has 0 N–H and O–H groups in total. The minimum atomic E-state index is -4.59. The molecule has 1 aromatic carbocycles. The van der Waals surface area contributed by atoms with Gasteiger partial charge in [0.25, 0.3) is 5.91 Å². The maximum Gasteiger partial charge on any atom is 0.416 e. The molecule has 0 atom stereocenters. The van der Waals surface area contributed by atoms with E-state index in [1.165, 1.54) is 17.4 Å². The molecule has 0 bridgehead atoms. The molecule has 1 aromatic heterocycles. The fraction of sp³-hybridized carbons (Fsp3) is 0.640. The third kappa shape index (κ3) is 6.73. The number of unbranched alkanes of at least 4 members (excludes halogenated alkanes) is 1. The van der Waals surface area contributed by atoms with Crippen molar-refractivity contribution in [3.05, 3.63) is 39.1 Å². The zero-order valence-electron chi connectivity index (χ0n) is 21.5. The molecule has 0 saturated carbocycles. The van der Waals surface area contributed by atoms with E-state index in [0.29, 0.717) is 24.4 Å². The minimum Gasteiger partial charge on any atom is -0.487 e. The van der Waals surface area contributed by atoms with Crippen molar-refractivity contribution in [3.63, 3.8) is 0 Å². The van der Waals surface area contributed by atoms with Gasteiger partial charge in [0.05, 0.1) is 11.1 Å².